The molecule has 0 atom stereocenters. The third-order valence-corrected chi connectivity index (χ3v) is 7.36. The maximum Gasteiger partial charge on any atom is 0.270 e. The molecule has 0 bridgehead atoms. The number of aryl methyl sites for hydroxylation is 1. The molecule has 0 spiro atoms. The molecule has 0 radical (unpaired) electrons. The Hall–Kier alpha value is -3.74. The van der Waals surface area contributed by atoms with Gasteiger partial charge in [0.2, 0.25) is 9.47 Å². The van der Waals surface area contributed by atoms with Gasteiger partial charge in [-0.3, -0.25) is 9.67 Å². The van der Waals surface area contributed by atoms with E-state index in [2.05, 4.69) is 35.3 Å². The molecule has 2 N–H and O–H groups in total. The van der Waals surface area contributed by atoms with Crippen LogP contribution >= 0.6 is 11.3 Å². The van der Waals surface area contributed by atoms with E-state index in [-0.39, 0.29) is 10.9 Å². The molecule has 1 aromatic carbocycles. The van der Waals surface area contributed by atoms with Crippen LogP contribution in [0.3, 0.4) is 0 Å². The average molecular weight is 479 g/mol. The first-order chi connectivity index (χ1) is 16.0. The summed E-state index contributed by atoms with van der Waals surface area (Å²) in [5, 5.41) is 15.3. The van der Waals surface area contributed by atoms with Gasteiger partial charge in [-0.2, -0.15) is 5.10 Å². The molecule has 0 saturated carbocycles. The number of benzene rings is 1. The van der Waals surface area contributed by atoms with Gasteiger partial charge in [0.15, 0.2) is 0 Å². The van der Waals surface area contributed by atoms with Gasteiger partial charge in [-0.05, 0) is 23.8 Å². The quantitative estimate of drug-likeness (QED) is 0.365. The van der Waals surface area contributed by atoms with Crippen molar-refractivity contribution in [3.05, 3.63) is 72.7 Å². The maximum absolute atomic E-state index is 12.6. The zero-order valence-corrected chi connectivity index (χ0v) is 19.0. The van der Waals surface area contributed by atoms with Crippen molar-refractivity contribution in [3.63, 3.8) is 0 Å². The van der Waals surface area contributed by atoms with Crippen molar-refractivity contribution in [1.29, 1.82) is 0 Å². The third-order valence-electron chi connectivity index (χ3n) is 4.76. The number of nitrogens with zero attached hydrogens (tertiary/aromatic N) is 6. The Balaban J connectivity index is 1.33. The number of rotatable bonds is 7. The topological polar surface area (TPSA) is 128 Å². The van der Waals surface area contributed by atoms with Crippen molar-refractivity contribution in [2.75, 3.05) is 5.32 Å². The van der Waals surface area contributed by atoms with Gasteiger partial charge in [-0.1, -0.05) is 41.7 Å². The van der Waals surface area contributed by atoms with Crippen LogP contribution in [-0.4, -0.2) is 38.4 Å². The van der Waals surface area contributed by atoms with Crippen LogP contribution in [0, 0.1) is 0 Å². The monoisotopic (exact) mass is 478 g/mol. The third kappa shape index (κ3) is 4.72. The largest absolute Gasteiger partial charge is 0.315 e. The molecule has 10 nitrogen and oxygen atoms in total. The number of sulfonamides is 1. The molecular weight excluding hydrogens is 460 g/mol. The number of nitrogens with one attached hydrogen (secondary N) is 2. The highest BCUT2D eigenvalue weighted by molar-refractivity contribution is 7.91. The second kappa shape index (κ2) is 8.65. The van der Waals surface area contributed by atoms with Crippen LogP contribution in [-0.2, 0) is 23.6 Å². The van der Waals surface area contributed by atoms with Crippen LogP contribution in [0.5, 0.6) is 0 Å². The van der Waals surface area contributed by atoms with Crippen molar-refractivity contribution in [1.82, 2.24) is 34.7 Å². The van der Waals surface area contributed by atoms with E-state index in [1.807, 2.05) is 55.7 Å². The van der Waals surface area contributed by atoms with Gasteiger partial charge in [-0.15, -0.1) is 10.2 Å². The van der Waals surface area contributed by atoms with Gasteiger partial charge in [0.25, 0.3) is 10.0 Å². The average Bonchev–Trinajstić information content (AvgIpc) is 3.48. The van der Waals surface area contributed by atoms with Crippen LogP contribution < -0.4 is 10.0 Å². The van der Waals surface area contributed by atoms with Gasteiger partial charge >= 0.3 is 0 Å². The molecule has 0 unspecified atom stereocenters. The molecule has 12 heteroatoms. The van der Waals surface area contributed by atoms with Crippen LogP contribution in [0.15, 0.2) is 71.5 Å². The van der Waals surface area contributed by atoms with Gasteiger partial charge in [0, 0.05) is 37.1 Å². The van der Waals surface area contributed by atoms with Crippen molar-refractivity contribution >= 4 is 43.3 Å². The lowest BCUT2D eigenvalue weighted by molar-refractivity contribution is 0.579. The van der Waals surface area contributed by atoms with E-state index in [1.165, 1.54) is 0 Å². The minimum absolute atomic E-state index is 0.123. The van der Waals surface area contributed by atoms with E-state index < -0.39 is 10.0 Å². The lowest BCUT2D eigenvalue weighted by atomic mass is 10.1. The number of hydrogen-bond donors (Lipinski definition) is 2. The number of anilines is 2. The Labute approximate surface area is 193 Å². The Morgan fingerprint density at radius 2 is 1.85 bits per heavy atom. The summed E-state index contributed by atoms with van der Waals surface area (Å²) >= 11 is 0.928. The molecule has 0 aliphatic carbocycles. The van der Waals surface area contributed by atoms with Gasteiger partial charge < -0.3 is 5.32 Å². The molecule has 0 fully saturated rings. The van der Waals surface area contributed by atoms with E-state index in [1.54, 1.807) is 23.1 Å². The fourth-order valence-electron chi connectivity index (χ4n) is 3.12. The molecule has 0 amide bonds. The van der Waals surface area contributed by atoms with Crippen molar-refractivity contribution in [2.24, 2.45) is 7.05 Å². The standard InChI is InChI=1S/C21H18N8O2S2/c1-29-13-16(12-23-29)15-9-18-17(22-11-15)7-8-19(25-18)26-20-27-28-21(32-20)33(30,31)24-10-14-5-3-2-4-6-14/h2-9,11-13,24H,10H2,1H3,(H,25,26,27). The van der Waals surface area contributed by atoms with E-state index in [9.17, 15) is 8.42 Å². The summed E-state index contributed by atoms with van der Waals surface area (Å²) in [7, 11) is -1.93. The molecule has 0 aliphatic heterocycles. The van der Waals surface area contributed by atoms with E-state index in [0.29, 0.717) is 16.5 Å². The molecule has 5 aromatic rings. The Bertz CT molecular complexity index is 1530. The summed E-state index contributed by atoms with van der Waals surface area (Å²) in [6.07, 6.45) is 5.44. The minimum atomic E-state index is -3.78. The lowest BCUT2D eigenvalue weighted by Crippen LogP contribution is -2.23. The molecule has 5 rings (SSSR count). The molecular formula is C21H18N8O2S2. The van der Waals surface area contributed by atoms with Gasteiger partial charge in [0.05, 0.1) is 17.2 Å². The van der Waals surface area contributed by atoms with Crippen LogP contribution in [0.1, 0.15) is 5.56 Å². The molecule has 0 aliphatic rings. The summed E-state index contributed by atoms with van der Waals surface area (Å²) in [6, 6.07) is 14.8. The zero-order chi connectivity index (χ0) is 22.8. The number of fused-ring (bicyclic) bond motifs is 1. The molecule has 33 heavy (non-hydrogen) atoms. The van der Waals surface area contributed by atoms with Crippen molar-refractivity contribution in [3.8, 4) is 11.1 Å². The van der Waals surface area contributed by atoms with E-state index >= 15 is 0 Å². The van der Waals surface area contributed by atoms with Gasteiger partial charge in [0.1, 0.15) is 5.82 Å². The van der Waals surface area contributed by atoms with Crippen LogP contribution in [0.2, 0.25) is 0 Å². The Morgan fingerprint density at radius 3 is 2.64 bits per heavy atom. The first-order valence-electron chi connectivity index (χ1n) is 9.86. The fraction of sp³-hybridized carbons (Fsp3) is 0.0952. The second-order valence-electron chi connectivity index (χ2n) is 7.17. The SMILES string of the molecule is Cn1cc(-c2cnc3ccc(Nc4nnc(S(=O)(=O)NCc5ccccc5)s4)nc3c2)cn1. The number of hydrogen-bond acceptors (Lipinski definition) is 9. The highest BCUT2D eigenvalue weighted by Crippen LogP contribution is 2.26. The second-order valence-corrected chi connectivity index (χ2v) is 10.1. The van der Waals surface area contributed by atoms with Crippen molar-refractivity contribution in [2.45, 2.75) is 10.9 Å². The number of aromatic nitrogens is 6. The smallest absolute Gasteiger partial charge is 0.270 e. The summed E-state index contributed by atoms with van der Waals surface area (Å²) in [5.74, 6) is 0.505. The maximum atomic E-state index is 12.6. The fourth-order valence-corrected chi connectivity index (χ4v) is 5.08. The zero-order valence-electron chi connectivity index (χ0n) is 17.4. The summed E-state index contributed by atoms with van der Waals surface area (Å²) in [5.41, 5.74) is 4.11. The normalized spacial score (nSPS) is 11.7. The molecule has 0 saturated heterocycles. The molecule has 166 valence electrons. The van der Waals surface area contributed by atoms with E-state index in [0.717, 1.165) is 33.5 Å². The molecule has 4 heterocycles. The van der Waals surface area contributed by atoms with Crippen molar-refractivity contribution < 1.29 is 8.42 Å². The minimum Gasteiger partial charge on any atom is -0.315 e. The summed E-state index contributed by atoms with van der Waals surface area (Å²) in [4.78, 5) is 9.04. The number of pyridine rings is 2. The first kappa shape index (κ1) is 21.1. The highest BCUT2D eigenvalue weighted by Gasteiger charge is 2.20. The van der Waals surface area contributed by atoms with Crippen LogP contribution in [0.4, 0.5) is 10.9 Å². The lowest BCUT2D eigenvalue weighted by Gasteiger charge is -2.04. The van der Waals surface area contributed by atoms with E-state index in [4.69, 9.17) is 0 Å². The first-order valence-corrected chi connectivity index (χ1v) is 12.2. The Morgan fingerprint density at radius 1 is 1.00 bits per heavy atom. The molecule has 4 aromatic heterocycles. The van der Waals surface area contributed by atoms with Crippen LogP contribution in [0.25, 0.3) is 22.2 Å². The Kier molecular flexibility index (Phi) is 5.54. The highest BCUT2D eigenvalue weighted by atomic mass is 32.2. The predicted molar refractivity (Wildman–Crippen MR) is 125 cm³/mol. The summed E-state index contributed by atoms with van der Waals surface area (Å²) < 4.78 is 29.3. The summed E-state index contributed by atoms with van der Waals surface area (Å²) in [6.45, 7) is 0.171. The van der Waals surface area contributed by atoms with Gasteiger partial charge in [-0.25, -0.2) is 18.1 Å². The predicted octanol–water partition coefficient (Wildman–Crippen LogP) is 3.10.